The Kier molecular flexibility index (Phi) is 6.53. The first-order valence-corrected chi connectivity index (χ1v) is 8.69. The molecule has 0 heterocycles. The van der Waals surface area contributed by atoms with E-state index in [9.17, 15) is 0 Å². The second-order valence-electron chi connectivity index (χ2n) is 6.51. The van der Waals surface area contributed by atoms with Crippen LogP contribution in [-0.2, 0) is 0 Å². The van der Waals surface area contributed by atoms with Gasteiger partial charge in [0.05, 0.1) is 0 Å². The smallest absolute Gasteiger partial charge is 0.0406 e. The van der Waals surface area contributed by atoms with E-state index in [-0.39, 0.29) is 6.04 Å². The quantitative estimate of drug-likeness (QED) is 0.830. The third kappa shape index (κ3) is 4.98. The van der Waals surface area contributed by atoms with Crippen molar-refractivity contribution in [2.45, 2.75) is 57.5 Å². The van der Waals surface area contributed by atoms with Crippen molar-refractivity contribution in [2.24, 2.45) is 11.7 Å². The summed E-state index contributed by atoms with van der Waals surface area (Å²) in [6, 6.07) is 8.79. The minimum atomic E-state index is 0.108. The lowest BCUT2D eigenvalue weighted by molar-refractivity contribution is 0.159. The summed E-state index contributed by atoms with van der Waals surface area (Å²) in [5, 5.41) is 0.774. The van der Waals surface area contributed by atoms with Crippen molar-refractivity contribution in [1.29, 1.82) is 0 Å². The van der Waals surface area contributed by atoms with Gasteiger partial charge in [0, 0.05) is 17.1 Å². The standard InChI is InChI=1S/C18H29ClN2/c1-3-14-4-10-17(11-5-14)21(2)13-12-18(20)15-6-8-16(19)9-7-15/h6-9,14,17-18H,3-5,10-13,20H2,1-2H3. The molecular formula is C18H29ClN2. The second kappa shape index (κ2) is 8.17. The zero-order chi connectivity index (χ0) is 15.2. The number of rotatable bonds is 6. The van der Waals surface area contributed by atoms with E-state index >= 15 is 0 Å². The molecule has 0 spiro atoms. The molecule has 0 saturated heterocycles. The van der Waals surface area contributed by atoms with Gasteiger partial charge in [0.15, 0.2) is 0 Å². The zero-order valence-electron chi connectivity index (χ0n) is 13.4. The van der Waals surface area contributed by atoms with E-state index in [0.29, 0.717) is 0 Å². The van der Waals surface area contributed by atoms with Crippen LogP contribution in [0, 0.1) is 5.92 Å². The second-order valence-corrected chi connectivity index (χ2v) is 6.95. The van der Waals surface area contributed by atoms with Gasteiger partial charge < -0.3 is 10.6 Å². The number of nitrogens with zero attached hydrogens (tertiary/aromatic N) is 1. The van der Waals surface area contributed by atoms with Gasteiger partial charge in [-0.2, -0.15) is 0 Å². The van der Waals surface area contributed by atoms with E-state index in [0.717, 1.165) is 29.9 Å². The van der Waals surface area contributed by atoms with Gasteiger partial charge >= 0.3 is 0 Å². The maximum absolute atomic E-state index is 6.30. The van der Waals surface area contributed by atoms with Crippen LogP contribution in [-0.4, -0.2) is 24.5 Å². The molecule has 21 heavy (non-hydrogen) atoms. The summed E-state index contributed by atoms with van der Waals surface area (Å²) in [6.07, 6.45) is 7.85. The Labute approximate surface area is 134 Å². The molecule has 0 aliphatic heterocycles. The topological polar surface area (TPSA) is 29.3 Å². The predicted octanol–water partition coefficient (Wildman–Crippen LogP) is 4.63. The van der Waals surface area contributed by atoms with Gasteiger partial charge in [-0.15, -0.1) is 0 Å². The molecule has 0 amide bonds. The molecule has 1 aliphatic rings. The average molecular weight is 309 g/mol. The monoisotopic (exact) mass is 308 g/mol. The van der Waals surface area contributed by atoms with Crippen LogP contribution in [0.5, 0.6) is 0 Å². The molecule has 1 fully saturated rings. The Balaban J connectivity index is 1.76. The highest BCUT2D eigenvalue weighted by Gasteiger charge is 2.23. The molecule has 1 unspecified atom stereocenters. The summed E-state index contributed by atoms with van der Waals surface area (Å²) >= 11 is 5.92. The molecule has 2 N–H and O–H groups in total. The summed E-state index contributed by atoms with van der Waals surface area (Å²) < 4.78 is 0. The maximum Gasteiger partial charge on any atom is 0.0406 e. The van der Waals surface area contributed by atoms with Gasteiger partial charge in [-0.25, -0.2) is 0 Å². The Morgan fingerprint density at radius 1 is 1.19 bits per heavy atom. The van der Waals surface area contributed by atoms with Crippen molar-refractivity contribution in [2.75, 3.05) is 13.6 Å². The highest BCUT2D eigenvalue weighted by atomic mass is 35.5. The first-order chi connectivity index (χ1) is 10.1. The predicted molar refractivity (Wildman–Crippen MR) is 91.7 cm³/mol. The van der Waals surface area contributed by atoms with Gasteiger partial charge in [-0.3, -0.25) is 0 Å². The zero-order valence-corrected chi connectivity index (χ0v) is 14.1. The van der Waals surface area contributed by atoms with Crippen molar-refractivity contribution in [3.05, 3.63) is 34.9 Å². The van der Waals surface area contributed by atoms with Gasteiger partial charge in [0.2, 0.25) is 0 Å². The molecular weight excluding hydrogens is 280 g/mol. The van der Waals surface area contributed by atoms with Crippen molar-refractivity contribution in [3.8, 4) is 0 Å². The number of benzene rings is 1. The van der Waals surface area contributed by atoms with Gasteiger partial charge in [0.1, 0.15) is 0 Å². The lowest BCUT2D eigenvalue weighted by atomic mass is 9.84. The first-order valence-electron chi connectivity index (χ1n) is 8.31. The highest BCUT2D eigenvalue weighted by molar-refractivity contribution is 6.30. The summed E-state index contributed by atoms with van der Waals surface area (Å²) in [7, 11) is 2.26. The molecule has 1 atom stereocenters. The van der Waals surface area contributed by atoms with E-state index in [1.807, 2.05) is 24.3 Å². The fourth-order valence-electron chi connectivity index (χ4n) is 3.40. The van der Waals surface area contributed by atoms with Crippen LogP contribution < -0.4 is 5.73 Å². The Morgan fingerprint density at radius 2 is 1.81 bits per heavy atom. The van der Waals surface area contributed by atoms with Crippen molar-refractivity contribution >= 4 is 11.6 Å². The third-order valence-electron chi connectivity index (χ3n) is 5.11. The molecule has 1 aromatic rings. The number of nitrogens with two attached hydrogens (primary N) is 1. The van der Waals surface area contributed by atoms with Crippen LogP contribution in [0.2, 0.25) is 5.02 Å². The molecule has 3 heteroatoms. The minimum absolute atomic E-state index is 0.108. The normalized spacial score (nSPS) is 24.2. The molecule has 2 rings (SSSR count). The average Bonchev–Trinajstić information content (AvgIpc) is 2.53. The largest absolute Gasteiger partial charge is 0.324 e. The summed E-state index contributed by atoms with van der Waals surface area (Å²) in [5.41, 5.74) is 7.48. The van der Waals surface area contributed by atoms with Crippen molar-refractivity contribution in [3.63, 3.8) is 0 Å². The van der Waals surface area contributed by atoms with Gasteiger partial charge in [-0.1, -0.05) is 37.1 Å². The summed E-state index contributed by atoms with van der Waals surface area (Å²) in [6.45, 7) is 3.39. The molecule has 2 nitrogen and oxygen atoms in total. The minimum Gasteiger partial charge on any atom is -0.324 e. The summed E-state index contributed by atoms with van der Waals surface area (Å²) in [5.74, 6) is 0.964. The fraction of sp³-hybridized carbons (Fsp3) is 0.667. The molecule has 0 bridgehead atoms. The Bertz CT molecular complexity index is 410. The molecule has 0 aromatic heterocycles. The lowest BCUT2D eigenvalue weighted by Crippen LogP contribution is -2.36. The fourth-order valence-corrected chi connectivity index (χ4v) is 3.52. The van der Waals surface area contributed by atoms with E-state index in [2.05, 4.69) is 18.9 Å². The molecule has 1 aromatic carbocycles. The van der Waals surface area contributed by atoms with Crippen LogP contribution in [0.3, 0.4) is 0 Å². The molecule has 1 aliphatic carbocycles. The first kappa shape index (κ1) is 16.8. The number of hydrogen-bond acceptors (Lipinski definition) is 2. The van der Waals surface area contributed by atoms with Crippen molar-refractivity contribution in [1.82, 2.24) is 4.90 Å². The van der Waals surface area contributed by atoms with E-state index in [4.69, 9.17) is 17.3 Å². The van der Waals surface area contributed by atoms with Gasteiger partial charge in [0.25, 0.3) is 0 Å². The number of hydrogen-bond donors (Lipinski definition) is 1. The van der Waals surface area contributed by atoms with Crippen LogP contribution in [0.15, 0.2) is 24.3 Å². The Hall–Kier alpha value is -0.570. The third-order valence-corrected chi connectivity index (χ3v) is 5.36. The van der Waals surface area contributed by atoms with E-state index in [1.165, 1.54) is 37.7 Å². The lowest BCUT2D eigenvalue weighted by Gasteiger charge is -2.35. The molecule has 118 valence electrons. The van der Waals surface area contributed by atoms with Crippen molar-refractivity contribution < 1.29 is 0 Å². The van der Waals surface area contributed by atoms with Crippen LogP contribution in [0.25, 0.3) is 0 Å². The SMILES string of the molecule is CCC1CCC(N(C)CCC(N)c2ccc(Cl)cc2)CC1. The van der Waals surface area contributed by atoms with Crippen LogP contribution in [0.4, 0.5) is 0 Å². The summed E-state index contributed by atoms with van der Waals surface area (Å²) in [4.78, 5) is 2.52. The maximum atomic E-state index is 6.30. The number of halogens is 1. The molecule has 1 saturated carbocycles. The van der Waals surface area contributed by atoms with Gasteiger partial charge in [-0.05, 0) is 69.3 Å². The van der Waals surface area contributed by atoms with Crippen LogP contribution >= 0.6 is 11.6 Å². The van der Waals surface area contributed by atoms with E-state index in [1.54, 1.807) is 0 Å². The Morgan fingerprint density at radius 3 is 2.38 bits per heavy atom. The highest BCUT2D eigenvalue weighted by Crippen LogP contribution is 2.29. The molecule has 0 radical (unpaired) electrons. The van der Waals surface area contributed by atoms with Crippen LogP contribution in [0.1, 0.15) is 57.1 Å². The van der Waals surface area contributed by atoms with E-state index < -0.39 is 0 Å².